The molecule has 0 radical (unpaired) electrons. The molecule has 3 aromatic rings. The molecule has 1 fully saturated rings. The number of aryl methyl sites for hydroxylation is 1. The van der Waals surface area contributed by atoms with Gasteiger partial charge in [-0.3, -0.25) is 29.4 Å². The molecule has 2 aromatic heterocycles. The van der Waals surface area contributed by atoms with Crippen molar-refractivity contribution >= 4 is 35.4 Å². The van der Waals surface area contributed by atoms with Crippen molar-refractivity contribution in [3.05, 3.63) is 76.1 Å². The average molecular weight is 587 g/mol. The number of nitrogens with two attached hydrogens (primary N) is 1. The van der Waals surface area contributed by atoms with Gasteiger partial charge >= 0.3 is 0 Å². The molecule has 41 heavy (non-hydrogen) atoms. The molecular weight excluding hydrogens is 561 g/mol. The highest BCUT2D eigenvalue weighted by atomic mass is 35.5. The SMILES string of the molecule is Cc1nc(N2C[C@@H](C)CC2=O)cnc1C(C)N=CC(=CN)NC(=O)c1cncc(-c2c(C(F)F)ccc(Cl)c2F)n1. The van der Waals surface area contributed by atoms with E-state index in [2.05, 4.69) is 30.2 Å². The van der Waals surface area contributed by atoms with Crippen LogP contribution in [0.15, 0.2) is 47.6 Å². The van der Waals surface area contributed by atoms with Gasteiger partial charge in [-0.2, -0.15) is 0 Å². The predicted octanol–water partition coefficient (Wildman–Crippen LogP) is 4.71. The molecule has 1 aliphatic rings. The van der Waals surface area contributed by atoms with Gasteiger partial charge in [-0.05, 0) is 25.8 Å². The van der Waals surface area contributed by atoms with Gasteiger partial charge in [0.15, 0.2) is 11.6 Å². The molecule has 214 valence electrons. The minimum atomic E-state index is -3.02. The zero-order valence-corrected chi connectivity index (χ0v) is 23.0. The minimum Gasteiger partial charge on any atom is -0.403 e. The average Bonchev–Trinajstić information content (AvgIpc) is 3.29. The molecule has 14 heteroatoms. The zero-order valence-electron chi connectivity index (χ0n) is 22.3. The highest BCUT2D eigenvalue weighted by Crippen LogP contribution is 2.35. The van der Waals surface area contributed by atoms with Crippen molar-refractivity contribution in [1.82, 2.24) is 25.3 Å². The van der Waals surface area contributed by atoms with Gasteiger partial charge < -0.3 is 11.1 Å². The standard InChI is InChI=1S/C27H26ClF3N8O2/c1-13-6-22(40)39(12-13)21-11-35-25(15(3)36-21)14(2)34-8-16(7-32)37-27(41)20-10-33-9-19(38-20)23-17(26(30)31)4-5-18(28)24(23)29/h4-5,7-11,13-14,26H,6,12,32H2,1-3H3,(H,37,41)/t13-,14?/m0/s1. The quantitative estimate of drug-likeness (QED) is 0.364. The van der Waals surface area contributed by atoms with Crippen molar-refractivity contribution in [2.45, 2.75) is 39.7 Å². The van der Waals surface area contributed by atoms with Gasteiger partial charge in [0.25, 0.3) is 12.3 Å². The first-order valence-corrected chi connectivity index (χ1v) is 12.9. The van der Waals surface area contributed by atoms with E-state index in [4.69, 9.17) is 17.3 Å². The lowest BCUT2D eigenvalue weighted by Crippen LogP contribution is -2.26. The molecule has 3 heterocycles. The highest BCUT2D eigenvalue weighted by molar-refractivity contribution is 6.31. The van der Waals surface area contributed by atoms with Crippen molar-refractivity contribution in [1.29, 1.82) is 0 Å². The van der Waals surface area contributed by atoms with E-state index in [9.17, 15) is 22.8 Å². The smallest absolute Gasteiger partial charge is 0.275 e. The van der Waals surface area contributed by atoms with Crippen LogP contribution in [-0.4, -0.2) is 44.5 Å². The fourth-order valence-electron chi connectivity index (χ4n) is 4.30. The van der Waals surface area contributed by atoms with E-state index in [1.165, 1.54) is 12.4 Å². The second-order valence-corrected chi connectivity index (χ2v) is 9.87. The van der Waals surface area contributed by atoms with Gasteiger partial charge in [0.1, 0.15) is 5.69 Å². The monoisotopic (exact) mass is 586 g/mol. The summed E-state index contributed by atoms with van der Waals surface area (Å²) >= 11 is 5.79. The van der Waals surface area contributed by atoms with E-state index in [0.717, 1.165) is 30.7 Å². The Kier molecular flexibility index (Phi) is 8.96. The number of alkyl halides is 2. The van der Waals surface area contributed by atoms with E-state index in [1.54, 1.807) is 18.7 Å². The van der Waals surface area contributed by atoms with E-state index in [-0.39, 0.29) is 33.9 Å². The summed E-state index contributed by atoms with van der Waals surface area (Å²) in [7, 11) is 0. The number of rotatable bonds is 8. The van der Waals surface area contributed by atoms with Crippen LogP contribution in [0.1, 0.15) is 60.2 Å². The molecular formula is C27H26ClF3N8O2. The Bertz CT molecular complexity index is 1550. The number of hydrogen-bond acceptors (Lipinski definition) is 8. The van der Waals surface area contributed by atoms with Crippen LogP contribution in [-0.2, 0) is 4.79 Å². The van der Waals surface area contributed by atoms with Gasteiger partial charge in [-0.15, -0.1) is 0 Å². The third kappa shape index (κ3) is 6.51. The van der Waals surface area contributed by atoms with Crippen molar-refractivity contribution < 1.29 is 22.8 Å². The molecule has 4 rings (SSSR count). The molecule has 0 spiro atoms. The number of aliphatic imine (C=N–C) groups is 1. The number of nitrogens with zero attached hydrogens (tertiary/aromatic N) is 6. The number of amides is 2. The molecule has 0 aliphatic carbocycles. The zero-order chi connectivity index (χ0) is 29.8. The first kappa shape index (κ1) is 29.6. The Morgan fingerprint density at radius 1 is 1.27 bits per heavy atom. The molecule has 0 saturated carbocycles. The van der Waals surface area contributed by atoms with E-state index in [1.807, 2.05) is 6.92 Å². The van der Waals surface area contributed by atoms with Crippen molar-refractivity contribution in [2.24, 2.45) is 16.6 Å². The number of nitrogens with one attached hydrogen (secondary N) is 1. The fraction of sp³-hybridized carbons (Fsp3) is 0.296. The number of halogens is 4. The van der Waals surface area contributed by atoms with Gasteiger partial charge in [0.2, 0.25) is 5.91 Å². The molecule has 1 unspecified atom stereocenters. The Morgan fingerprint density at radius 3 is 2.66 bits per heavy atom. The van der Waals surface area contributed by atoms with Gasteiger partial charge in [0.05, 0.1) is 52.4 Å². The molecule has 1 aromatic carbocycles. The first-order valence-electron chi connectivity index (χ1n) is 12.5. The van der Waals surface area contributed by atoms with E-state index >= 15 is 0 Å². The Labute approximate surface area is 238 Å². The summed E-state index contributed by atoms with van der Waals surface area (Å²) in [5, 5.41) is 2.12. The topological polar surface area (TPSA) is 139 Å². The molecule has 3 N–H and O–H groups in total. The lowest BCUT2D eigenvalue weighted by molar-refractivity contribution is -0.117. The van der Waals surface area contributed by atoms with Crippen LogP contribution in [0.2, 0.25) is 5.02 Å². The van der Waals surface area contributed by atoms with Crippen LogP contribution in [0.25, 0.3) is 11.3 Å². The normalized spacial score (nSPS) is 16.6. The maximum absolute atomic E-state index is 14.7. The molecule has 2 amide bonds. The summed E-state index contributed by atoms with van der Waals surface area (Å²) in [6.45, 7) is 6.10. The summed E-state index contributed by atoms with van der Waals surface area (Å²) in [6.07, 6.45) is 3.52. The van der Waals surface area contributed by atoms with Crippen LogP contribution in [0.4, 0.5) is 19.0 Å². The molecule has 0 bridgehead atoms. The van der Waals surface area contributed by atoms with Gasteiger partial charge in [-0.1, -0.05) is 24.6 Å². The summed E-state index contributed by atoms with van der Waals surface area (Å²) in [5.74, 6) is -1.17. The number of hydrogen-bond donors (Lipinski definition) is 2. The Morgan fingerprint density at radius 2 is 2.02 bits per heavy atom. The van der Waals surface area contributed by atoms with E-state index < -0.39 is 35.3 Å². The molecule has 1 aliphatic heterocycles. The summed E-state index contributed by atoms with van der Waals surface area (Å²) in [4.78, 5) is 47.9. The number of benzene rings is 1. The number of carbonyl (C=O) groups is 2. The first-order chi connectivity index (χ1) is 19.5. The van der Waals surface area contributed by atoms with Crippen LogP contribution in [0.3, 0.4) is 0 Å². The number of allylic oxidation sites excluding steroid dienone is 1. The van der Waals surface area contributed by atoms with E-state index in [0.29, 0.717) is 30.2 Å². The predicted molar refractivity (Wildman–Crippen MR) is 147 cm³/mol. The highest BCUT2D eigenvalue weighted by Gasteiger charge is 2.29. The molecule has 1 saturated heterocycles. The molecule has 2 atom stereocenters. The second kappa shape index (κ2) is 12.4. The summed E-state index contributed by atoms with van der Waals surface area (Å²) in [6, 6.07) is 1.51. The number of anilines is 1. The third-order valence-electron chi connectivity index (χ3n) is 6.32. The summed E-state index contributed by atoms with van der Waals surface area (Å²) in [5.41, 5.74) is 5.13. The van der Waals surface area contributed by atoms with Crippen molar-refractivity contribution in [3.63, 3.8) is 0 Å². The van der Waals surface area contributed by atoms with Crippen LogP contribution in [0, 0.1) is 18.7 Å². The number of carbonyl (C=O) groups excluding carboxylic acids is 2. The number of aromatic nitrogens is 4. The lowest BCUT2D eigenvalue weighted by Gasteiger charge is -2.17. The lowest BCUT2D eigenvalue weighted by atomic mass is 10.0. The maximum Gasteiger partial charge on any atom is 0.275 e. The second-order valence-electron chi connectivity index (χ2n) is 9.46. The van der Waals surface area contributed by atoms with Crippen LogP contribution < -0.4 is 16.0 Å². The van der Waals surface area contributed by atoms with Crippen molar-refractivity contribution in [2.75, 3.05) is 11.4 Å². The van der Waals surface area contributed by atoms with Crippen LogP contribution in [0.5, 0.6) is 0 Å². The van der Waals surface area contributed by atoms with Gasteiger partial charge in [0, 0.05) is 36.5 Å². The minimum absolute atomic E-state index is 0.000811. The van der Waals surface area contributed by atoms with Crippen LogP contribution >= 0.6 is 11.6 Å². The maximum atomic E-state index is 14.7. The Balaban J connectivity index is 1.49. The van der Waals surface area contributed by atoms with Gasteiger partial charge in [-0.25, -0.2) is 23.1 Å². The largest absolute Gasteiger partial charge is 0.403 e. The van der Waals surface area contributed by atoms with Crippen molar-refractivity contribution in [3.8, 4) is 11.3 Å². The molecule has 10 nitrogen and oxygen atoms in total. The fourth-order valence-corrected chi connectivity index (χ4v) is 4.46. The Hall–Kier alpha value is -4.39. The summed E-state index contributed by atoms with van der Waals surface area (Å²) < 4.78 is 41.7. The third-order valence-corrected chi connectivity index (χ3v) is 6.61.